The Kier molecular flexibility index (Phi) is 5.28. The summed E-state index contributed by atoms with van der Waals surface area (Å²) in [7, 11) is 0. The first kappa shape index (κ1) is 13.0. The van der Waals surface area contributed by atoms with E-state index >= 15 is 0 Å². The minimum Gasteiger partial charge on any atom is -0.396 e. The zero-order chi connectivity index (χ0) is 12.0. The molecule has 1 heterocycles. The average molecular weight is 244 g/mol. The summed E-state index contributed by atoms with van der Waals surface area (Å²) in [4.78, 5) is 0. The molecule has 0 bridgehead atoms. The third kappa shape index (κ3) is 3.83. The van der Waals surface area contributed by atoms with Gasteiger partial charge in [0.25, 0.3) is 0 Å². The van der Waals surface area contributed by atoms with Crippen LogP contribution in [0.25, 0.3) is 0 Å². The molecule has 1 saturated heterocycles. The summed E-state index contributed by atoms with van der Waals surface area (Å²) in [6.45, 7) is 1.76. The molecule has 0 aromatic heterocycles. The topological polar surface area (TPSA) is 38.0 Å². The molecule has 1 unspecified atom stereocenters. The molecule has 0 aliphatic carbocycles. The molecule has 1 fully saturated rings. The van der Waals surface area contributed by atoms with Crippen molar-refractivity contribution < 1.29 is 8.78 Å². The van der Waals surface area contributed by atoms with Crippen LogP contribution in [0, 0.1) is 11.6 Å². The standard InChI is InChI=1S/C10H11F2N.CH3NS/c11-9-3-8(4-10(12)5-9)7-1-2-13-6-7;2-1-3/h3-5,7,13H,1-2,6H2;1H,(H2,2,3). The van der Waals surface area contributed by atoms with Crippen molar-refractivity contribution >= 4 is 17.7 Å². The Morgan fingerprint density at radius 2 is 1.88 bits per heavy atom. The Balaban J connectivity index is 0.000000386. The molecule has 2 nitrogen and oxygen atoms in total. The van der Waals surface area contributed by atoms with Crippen LogP contribution in [0.4, 0.5) is 8.78 Å². The summed E-state index contributed by atoms with van der Waals surface area (Å²) in [6.07, 6.45) is 0.961. The fourth-order valence-corrected chi connectivity index (χ4v) is 1.75. The highest BCUT2D eigenvalue weighted by Gasteiger charge is 2.17. The fraction of sp³-hybridized carbons (Fsp3) is 0.364. The Labute approximate surface area is 98.8 Å². The van der Waals surface area contributed by atoms with E-state index in [9.17, 15) is 8.78 Å². The van der Waals surface area contributed by atoms with Crippen LogP contribution >= 0.6 is 12.2 Å². The van der Waals surface area contributed by atoms with E-state index in [4.69, 9.17) is 0 Å². The third-order valence-corrected chi connectivity index (χ3v) is 2.42. The van der Waals surface area contributed by atoms with Crippen LogP contribution in [0.1, 0.15) is 17.9 Å². The van der Waals surface area contributed by atoms with Crippen molar-refractivity contribution in [1.29, 1.82) is 0 Å². The average Bonchev–Trinajstić information content (AvgIpc) is 2.69. The molecule has 0 amide bonds. The SMILES string of the molecule is Fc1cc(F)cc(C2CCNC2)c1.NC=S. The minimum atomic E-state index is -0.484. The van der Waals surface area contributed by atoms with Gasteiger partial charge in [-0.3, -0.25) is 0 Å². The van der Waals surface area contributed by atoms with E-state index in [1.165, 1.54) is 12.1 Å². The summed E-state index contributed by atoms with van der Waals surface area (Å²) in [5.74, 6) is -0.700. The molecule has 88 valence electrons. The van der Waals surface area contributed by atoms with E-state index in [0.717, 1.165) is 36.6 Å². The smallest absolute Gasteiger partial charge is 0.126 e. The molecule has 0 saturated carbocycles. The predicted molar refractivity (Wildman–Crippen MR) is 64.4 cm³/mol. The number of thiocarbonyl (C=S) groups is 1. The molecule has 2 rings (SSSR count). The first-order chi connectivity index (χ1) is 7.67. The van der Waals surface area contributed by atoms with E-state index in [1.807, 2.05) is 0 Å². The highest BCUT2D eigenvalue weighted by atomic mass is 32.1. The van der Waals surface area contributed by atoms with Gasteiger partial charge in [-0.25, -0.2) is 8.78 Å². The first-order valence-electron chi connectivity index (χ1n) is 4.99. The normalized spacial score (nSPS) is 18.8. The van der Waals surface area contributed by atoms with Gasteiger partial charge in [-0.2, -0.15) is 0 Å². The van der Waals surface area contributed by atoms with Crippen LogP contribution in [0.15, 0.2) is 18.2 Å². The molecule has 1 aliphatic heterocycles. The van der Waals surface area contributed by atoms with Crippen molar-refractivity contribution in [2.75, 3.05) is 13.1 Å². The Morgan fingerprint density at radius 3 is 2.31 bits per heavy atom. The van der Waals surface area contributed by atoms with Gasteiger partial charge < -0.3 is 11.1 Å². The summed E-state index contributed by atoms with van der Waals surface area (Å²) >= 11 is 4.05. The van der Waals surface area contributed by atoms with Gasteiger partial charge >= 0.3 is 0 Å². The number of hydrogen-bond acceptors (Lipinski definition) is 2. The lowest BCUT2D eigenvalue weighted by atomic mass is 9.98. The molecule has 3 N–H and O–H groups in total. The number of nitrogens with two attached hydrogens (primary N) is 1. The number of nitrogens with one attached hydrogen (secondary N) is 1. The molecule has 1 aromatic rings. The van der Waals surface area contributed by atoms with Gasteiger partial charge in [0.2, 0.25) is 0 Å². The van der Waals surface area contributed by atoms with Gasteiger partial charge in [0.1, 0.15) is 11.6 Å². The quantitative estimate of drug-likeness (QED) is 0.741. The zero-order valence-electron chi connectivity index (χ0n) is 8.75. The van der Waals surface area contributed by atoms with Crippen molar-refractivity contribution in [3.8, 4) is 0 Å². The molecule has 1 aliphatic rings. The van der Waals surface area contributed by atoms with Crippen LogP contribution in [0.3, 0.4) is 0 Å². The lowest BCUT2D eigenvalue weighted by molar-refractivity contribution is 0.575. The van der Waals surface area contributed by atoms with E-state index in [-0.39, 0.29) is 5.92 Å². The summed E-state index contributed by atoms with van der Waals surface area (Å²) in [5.41, 5.74) is 6.39. The second-order valence-corrected chi connectivity index (χ2v) is 3.80. The van der Waals surface area contributed by atoms with E-state index < -0.39 is 11.6 Å². The van der Waals surface area contributed by atoms with E-state index in [1.54, 1.807) is 0 Å². The van der Waals surface area contributed by atoms with Crippen molar-refractivity contribution in [2.45, 2.75) is 12.3 Å². The second kappa shape index (κ2) is 6.50. The zero-order valence-corrected chi connectivity index (χ0v) is 9.57. The summed E-state index contributed by atoms with van der Waals surface area (Å²) < 4.78 is 25.6. The van der Waals surface area contributed by atoms with Gasteiger partial charge in [-0.05, 0) is 36.6 Å². The van der Waals surface area contributed by atoms with Crippen LogP contribution in [0.5, 0.6) is 0 Å². The van der Waals surface area contributed by atoms with Gasteiger partial charge in [-0.1, -0.05) is 12.2 Å². The Morgan fingerprint density at radius 1 is 1.31 bits per heavy atom. The molecular formula is C11H14F2N2S. The number of hydrogen-bond donors (Lipinski definition) is 2. The molecule has 1 aromatic carbocycles. The monoisotopic (exact) mass is 244 g/mol. The van der Waals surface area contributed by atoms with Crippen LogP contribution in [-0.4, -0.2) is 18.6 Å². The van der Waals surface area contributed by atoms with Crippen LogP contribution < -0.4 is 11.1 Å². The summed E-state index contributed by atoms with van der Waals surface area (Å²) in [6, 6.07) is 3.74. The predicted octanol–water partition coefficient (Wildman–Crippen LogP) is 1.94. The van der Waals surface area contributed by atoms with Crippen LogP contribution in [0.2, 0.25) is 0 Å². The van der Waals surface area contributed by atoms with Crippen LogP contribution in [-0.2, 0) is 0 Å². The largest absolute Gasteiger partial charge is 0.396 e. The lowest BCUT2D eigenvalue weighted by Gasteiger charge is -2.08. The highest BCUT2D eigenvalue weighted by molar-refractivity contribution is 7.78. The number of rotatable bonds is 1. The van der Waals surface area contributed by atoms with Crippen molar-refractivity contribution in [3.05, 3.63) is 35.4 Å². The van der Waals surface area contributed by atoms with E-state index in [0.29, 0.717) is 0 Å². The Bertz CT molecular complexity index is 332. The van der Waals surface area contributed by atoms with Gasteiger partial charge in [0, 0.05) is 12.6 Å². The molecule has 16 heavy (non-hydrogen) atoms. The van der Waals surface area contributed by atoms with Gasteiger partial charge in [-0.15, -0.1) is 0 Å². The Hall–Kier alpha value is -1.07. The van der Waals surface area contributed by atoms with E-state index in [2.05, 4.69) is 23.3 Å². The minimum absolute atomic E-state index is 0.269. The third-order valence-electron chi connectivity index (χ3n) is 2.42. The van der Waals surface area contributed by atoms with Gasteiger partial charge in [0.05, 0.1) is 5.49 Å². The maximum atomic E-state index is 12.8. The highest BCUT2D eigenvalue weighted by Crippen LogP contribution is 2.23. The maximum absolute atomic E-state index is 12.8. The first-order valence-corrected chi connectivity index (χ1v) is 5.46. The second-order valence-electron chi connectivity index (χ2n) is 3.53. The molecular weight excluding hydrogens is 230 g/mol. The van der Waals surface area contributed by atoms with Crippen molar-refractivity contribution in [3.63, 3.8) is 0 Å². The molecule has 0 spiro atoms. The lowest BCUT2D eigenvalue weighted by Crippen LogP contribution is -2.08. The van der Waals surface area contributed by atoms with Crippen molar-refractivity contribution in [2.24, 2.45) is 5.73 Å². The molecule has 0 radical (unpaired) electrons. The summed E-state index contributed by atoms with van der Waals surface area (Å²) in [5, 5.41) is 3.16. The maximum Gasteiger partial charge on any atom is 0.126 e. The van der Waals surface area contributed by atoms with Gasteiger partial charge in [0.15, 0.2) is 0 Å². The number of halogens is 2. The number of benzene rings is 1. The van der Waals surface area contributed by atoms with Crippen molar-refractivity contribution in [1.82, 2.24) is 5.32 Å². The molecule has 1 atom stereocenters. The fourth-order valence-electron chi connectivity index (χ4n) is 1.75. The molecule has 5 heteroatoms.